The molecular weight excluding hydrogens is 325 g/mol. The Labute approximate surface area is 136 Å². The Morgan fingerprint density at radius 2 is 2.22 bits per heavy atom. The Morgan fingerprint density at radius 3 is 2.78 bits per heavy atom. The predicted octanol–water partition coefficient (Wildman–Crippen LogP) is 2.64. The summed E-state index contributed by atoms with van der Waals surface area (Å²) in [5.74, 6) is -2.27. The van der Waals surface area contributed by atoms with Gasteiger partial charge in [-0.05, 0) is 24.6 Å². The quantitative estimate of drug-likeness (QED) is 0.847. The molecule has 0 aliphatic carbocycles. The lowest BCUT2D eigenvalue weighted by Crippen LogP contribution is -2.30. The fourth-order valence-electron chi connectivity index (χ4n) is 2.05. The molecule has 1 unspecified atom stereocenters. The minimum atomic E-state index is -1.12. The standard InChI is InChI=1S/C15H15ClFN3O3/c1-2-20-8-10(7-18-20)15(23)19-13(6-14(21)22)9-3-4-11(16)12(17)5-9/h3-5,7-8,13H,2,6H2,1H3,(H,19,23)(H,21,22). The first-order chi connectivity index (χ1) is 10.9. The molecule has 122 valence electrons. The van der Waals surface area contributed by atoms with E-state index in [1.807, 2.05) is 6.92 Å². The van der Waals surface area contributed by atoms with E-state index in [2.05, 4.69) is 10.4 Å². The summed E-state index contributed by atoms with van der Waals surface area (Å²) in [6.07, 6.45) is 2.56. The summed E-state index contributed by atoms with van der Waals surface area (Å²) in [5, 5.41) is 15.5. The molecule has 1 heterocycles. The Bertz CT molecular complexity index is 733. The smallest absolute Gasteiger partial charge is 0.305 e. The van der Waals surface area contributed by atoms with Crippen molar-refractivity contribution in [1.82, 2.24) is 15.1 Å². The number of rotatable bonds is 6. The Balaban J connectivity index is 2.22. The topological polar surface area (TPSA) is 84.2 Å². The van der Waals surface area contributed by atoms with E-state index in [-0.39, 0.29) is 11.4 Å². The summed E-state index contributed by atoms with van der Waals surface area (Å²) in [4.78, 5) is 23.2. The van der Waals surface area contributed by atoms with Crippen molar-refractivity contribution in [3.05, 3.63) is 52.6 Å². The number of carboxylic acid groups (broad SMARTS) is 1. The highest BCUT2D eigenvalue weighted by Crippen LogP contribution is 2.23. The number of nitrogens with one attached hydrogen (secondary N) is 1. The number of amides is 1. The number of aryl methyl sites for hydroxylation is 1. The molecule has 6 nitrogen and oxygen atoms in total. The van der Waals surface area contributed by atoms with E-state index in [1.54, 1.807) is 10.9 Å². The predicted molar refractivity (Wildman–Crippen MR) is 81.8 cm³/mol. The third-order valence-corrected chi connectivity index (χ3v) is 3.56. The van der Waals surface area contributed by atoms with Gasteiger partial charge in [0.15, 0.2) is 0 Å². The molecule has 0 spiro atoms. The molecule has 0 saturated heterocycles. The maximum Gasteiger partial charge on any atom is 0.305 e. The van der Waals surface area contributed by atoms with Crippen molar-refractivity contribution in [2.45, 2.75) is 25.9 Å². The molecule has 23 heavy (non-hydrogen) atoms. The van der Waals surface area contributed by atoms with Gasteiger partial charge < -0.3 is 10.4 Å². The first-order valence-corrected chi connectivity index (χ1v) is 7.28. The molecule has 0 radical (unpaired) electrons. The van der Waals surface area contributed by atoms with Gasteiger partial charge in [0, 0.05) is 12.7 Å². The molecule has 2 aromatic rings. The molecular formula is C15H15ClFN3O3. The lowest BCUT2D eigenvalue weighted by atomic mass is 10.0. The molecule has 2 rings (SSSR count). The SMILES string of the molecule is CCn1cc(C(=O)NC(CC(=O)O)c2ccc(Cl)c(F)c2)cn1. The third-order valence-electron chi connectivity index (χ3n) is 3.25. The van der Waals surface area contributed by atoms with Crippen molar-refractivity contribution < 1.29 is 19.1 Å². The molecule has 1 amide bonds. The van der Waals surface area contributed by atoms with E-state index in [0.717, 1.165) is 6.07 Å². The van der Waals surface area contributed by atoms with E-state index in [4.69, 9.17) is 16.7 Å². The highest BCUT2D eigenvalue weighted by molar-refractivity contribution is 6.30. The highest BCUT2D eigenvalue weighted by atomic mass is 35.5. The van der Waals surface area contributed by atoms with Gasteiger partial charge >= 0.3 is 5.97 Å². The van der Waals surface area contributed by atoms with Crippen LogP contribution in [-0.4, -0.2) is 26.8 Å². The summed E-state index contributed by atoms with van der Waals surface area (Å²) in [6, 6.07) is 3.04. The average molecular weight is 340 g/mol. The number of carbonyl (C=O) groups is 2. The summed E-state index contributed by atoms with van der Waals surface area (Å²) >= 11 is 5.62. The van der Waals surface area contributed by atoms with Gasteiger partial charge in [-0.1, -0.05) is 17.7 Å². The van der Waals surface area contributed by atoms with Crippen molar-refractivity contribution in [1.29, 1.82) is 0 Å². The van der Waals surface area contributed by atoms with Crippen LogP contribution < -0.4 is 5.32 Å². The van der Waals surface area contributed by atoms with Gasteiger partial charge in [0.1, 0.15) is 5.82 Å². The van der Waals surface area contributed by atoms with Crippen molar-refractivity contribution in [2.24, 2.45) is 0 Å². The largest absolute Gasteiger partial charge is 0.481 e. The number of hydrogen-bond acceptors (Lipinski definition) is 3. The van der Waals surface area contributed by atoms with Crippen LogP contribution in [0.15, 0.2) is 30.6 Å². The number of hydrogen-bond donors (Lipinski definition) is 2. The van der Waals surface area contributed by atoms with Crippen LogP contribution >= 0.6 is 11.6 Å². The minimum Gasteiger partial charge on any atom is -0.481 e. The van der Waals surface area contributed by atoms with Gasteiger partial charge in [-0.3, -0.25) is 14.3 Å². The monoisotopic (exact) mass is 339 g/mol. The van der Waals surface area contributed by atoms with Gasteiger partial charge in [-0.25, -0.2) is 4.39 Å². The zero-order chi connectivity index (χ0) is 17.0. The zero-order valence-corrected chi connectivity index (χ0v) is 13.0. The van der Waals surface area contributed by atoms with Crippen LogP contribution in [0.5, 0.6) is 0 Å². The number of halogens is 2. The van der Waals surface area contributed by atoms with E-state index in [0.29, 0.717) is 17.7 Å². The average Bonchev–Trinajstić information content (AvgIpc) is 2.98. The second-order valence-electron chi connectivity index (χ2n) is 4.88. The Hall–Kier alpha value is -2.41. The molecule has 0 aliphatic heterocycles. The zero-order valence-electron chi connectivity index (χ0n) is 12.3. The number of carboxylic acids is 1. The van der Waals surface area contributed by atoms with Crippen LogP contribution in [0.25, 0.3) is 0 Å². The van der Waals surface area contributed by atoms with Crippen molar-refractivity contribution in [2.75, 3.05) is 0 Å². The fraction of sp³-hybridized carbons (Fsp3) is 0.267. The molecule has 0 aliphatic rings. The summed E-state index contributed by atoms with van der Waals surface area (Å²) in [7, 11) is 0. The highest BCUT2D eigenvalue weighted by Gasteiger charge is 2.20. The van der Waals surface area contributed by atoms with Crippen LogP contribution in [0.4, 0.5) is 4.39 Å². The molecule has 0 bridgehead atoms. The van der Waals surface area contributed by atoms with Gasteiger partial charge in [0.2, 0.25) is 0 Å². The van der Waals surface area contributed by atoms with Crippen LogP contribution in [0.2, 0.25) is 5.02 Å². The first kappa shape index (κ1) is 17.0. The molecule has 0 saturated carbocycles. The third kappa shape index (κ3) is 4.29. The lowest BCUT2D eigenvalue weighted by molar-refractivity contribution is -0.137. The summed E-state index contributed by atoms with van der Waals surface area (Å²) in [6.45, 7) is 2.48. The van der Waals surface area contributed by atoms with Crippen LogP contribution in [0.3, 0.4) is 0 Å². The molecule has 8 heteroatoms. The fourth-order valence-corrected chi connectivity index (χ4v) is 2.17. The molecule has 1 atom stereocenters. The van der Waals surface area contributed by atoms with Crippen molar-refractivity contribution >= 4 is 23.5 Å². The van der Waals surface area contributed by atoms with Gasteiger partial charge in [-0.15, -0.1) is 0 Å². The number of aromatic nitrogens is 2. The maximum absolute atomic E-state index is 13.6. The number of carbonyl (C=O) groups excluding carboxylic acids is 1. The maximum atomic E-state index is 13.6. The molecule has 0 fully saturated rings. The van der Waals surface area contributed by atoms with Gasteiger partial charge in [-0.2, -0.15) is 5.10 Å². The molecule has 1 aromatic carbocycles. The Kier molecular flexibility index (Phi) is 5.33. The first-order valence-electron chi connectivity index (χ1n) is 6.90. The number of benzene rings is 1. The van der Waals surface area contributed by atoms with Crippen molar-refractivity contribution in [3.8, 4) is 0 Å². The van der Waals surface area contributed by atoms with Gasteiger partial charge in [0.25, 0.3) is 5.91 Å². The van der Waals surface area contributed by atoms with Crippen LogP contribution in [0.1, 0.15) is 35.3 Å². The molecule has 1 aromatic heterocycles. The Morgan fingerprint density at radius 1 is 1.48 bits per heavy atom. The second-order valence-corrected chi connectivity index (χ2v) is 5.29. The van der Waals surface area contributed by atoms with E-state index in [9.17, 15) is 14.0 Å². The normalized spacial score (nSPS) is 12.0. The molecule has 2 N–H and O–H groups in total. The second kappa shape index (κ2) is 7.23. The van der Waals surface area contributed by atoms with Gasteiger partial charge in [0.05, 0.1) is 29.2 Å². The van der Waals surface area contributed by atoms with Crippen LogP contribution in [-0.2, 0) is 11.3 Å². The van der Waals surface area contributed by atoms with Crippen LogP contribution in [0, 0.1) is 5.82 Å². The van der Waals surface area contributed by atoms with E-state index < -0.39 is 23.7 Å². The summed E-state index contributed by atoms with van der Waals surface area (Å²) < 4.78 is 15.2. The van der Waals surface area contributed by atoms with E-state index >= 15 is 0 Å². The van der Waals surface area contributed by atoms with Crippen molar-refractivity contribution in [3.63, 3.8) is 0 Å². The number of aliphatic carboxylic acids is 1. The summed E-state index contributed by atoms with van der Waals surface area (Å²) in [5.41, 5.74) is 0.627. The number of nitrogens with zero attached hydrogens (tertiary/aromatic N) is 2. The lowest BCUT2D eigenvalue weighted by Gasteiger charge is -2.17. The minimum absolute atomic E-state index is 0.0710. The van der Waals surface area contributed by atoms with E-state index in [1.165, 1.54) is 18.3 Å².